The van der Waals surface area contributed by atoms with Crippen molar-refractivity contribution in [2.45, 2.75) is 339 Å². The predicted molar refractivity (Wildman–Crippen MR) is 333 cm³/mol. The number of rotatable bonds is 56. The topological polar surface area (TPSA) is 175 Å². The minimum atomic E-state index is -1.62. The van der Waals surface area contributed by atoms with E-state index in [9.17, 15) is 35.1 Å². The normalized spacial score (nSPS) is 19.2. The van der Waals surface area contributed by atoms with Gasteiger partial charge in [0.15, 0.2) is 12.4 Å². The van der Waals surface area contributed by atoms with Crippen LogP contribution in [0.3, 0.4) is 0 Å². The van der Waals surface area contributed by atoms with Crippen LogP contribution in [0.2, 0.25) is 0 Å². The summed E-state index contributed by atoms with van der Waals surface area (Å²) in [4.78, 5) is 26.6. The first-order valence-electron chi connectivity index (χ1n) is 33.2. The van der Waals surface area contributed by atoms with Gasteiger partial charge in [0.25, 0.3) is 0 Å². The highest BCUT2D eigenvalue weighted by atomic mass is 16.7. The van der Waals surface area contributed by atoms with Crippen molar-refractivity contribution in [1.82, 2.24) is 5.32 Å². The number of allylic oxidation sites excluding steroid dienone is 11. The largest absolute Gasteiger partial charge is 0.454 e. The Morgan fingerprint density at radius 1 is 0.500 bits per heavy atom. The van der Waals surface area contributed by atoms with Crippen molar-refractivity contribution < 1.29 is 49.3 Å². The van der Waals surface area contributed by atoms with E-state index in [4.69, 9.17) is 14.2 Å². The third-order valence-electron chi connectivity index (χ3n) is 15.4. The van der Waals surface area contributed by atoms with E-state index in [-0.39, 0.29) is 13.0 Å². The second-order valence-corrected chi connectivity index (χ2v) is 22.8. The van der Waals surface area contributed by atoms with E-state index in [1.165, 1.54) is 148 Å². The van der Waals surface area contributed by atoms with E-state index in [0.717, 1.165) is 96.3 Å². The Labute approximate surface area is 490 Å². The molecule has 1 rings (SSSR count). The molecule has 0 radical (unpaired) electrons. The number of ether oxygens (including phenoxy) is 3. The van der Waals surface area contributed by atoms with E-state index in [1.54, 1.807) is 6.08 Å². The minimum absolute atomic E-state index is 0.118. The molecule has 1 fully saturated rings. The first-order valence-corrected chi connectivity index (χ1v) is 33.2. The molecule has 1 saturated heterocycles. The number of aliphatic hydroxyl groups is 5. The molecule has 8 unspecified atom stereocenters. The van der Waals surface area contributed by atoms with E-state index in [1.807, 2.05) is 6.08 Å². The maximum absolute atomic E-state index is 13.4. The summed E-state index contributed by atoms with van der Waals surface area (Å²) in [6.45, 7) is 5.68. The lowest BCUT2D eigenvalue weighted by Crippen LogP contribution is -2.61. The van der Waals surface area contributed by atoms with Gasteiger partial charge in [-0.3, -0.25) is 9.59 Å². The Morgan fingerprint density at radius 3 is 1.35 bits per heavy atom. The maximum atomic E-state index is 13.4. The molecule has 1 amide bonds. The van der Waals surface area contributed by atoms with Gasteiger partial charge in [0, 0.05) is 6.42 Å². The molecule has 1 aliphatic heterocycles. The van der Waals surface area contributed by atoms with Gasteiger partial charge in [-0.2, -0.15) is 0 Å². The zero-order valence-corrected chi connectivity index (χ0v) is 51.4. The Hall–Kier alpha value is -2.90. The molecule has 80 heavy (non-hydrogen) atoms. The summed E-state index contributed by atoms with van der Waals surface area (Å²) >= 11 is 0. The molecule has 6 N–H and O–H groups in total. The van der Waals surface area contributed by atoms with Crippen molar-refractivity contribution in [3.63, 3.8) is 0 Å². The SMILES string of the molecule is CC/C=C\C/C=C\C/C=C\C/C=C\C/C=C\CCCCCCCCCCCCCC(=O)OC1C(OCC(NC(=O)C(O)CCCCCCCCCCCCCCC)C(O)/C=C/CCCCCCCCCCC)OC(CO)C(O)C1O. The summed E-state index contributed by atoms with van der Waals surface area (Å²) in [5, 5.41) is 57.0. The number of nitrogens with one attached hydrogen (secondary N) is 1. The molecule has 0 aromatic rings. The number of amides is 1. The lowest BCUT2D eigenvalue weighted by atomic mass is 9.99. The maximum Gasteiger partial charge on any atom is 0.306 e. The zero-order valence-electron chi connectivity index (χ0n) is 51.4. The molecule has 0 saturated carbocycles. The van der Waals surface area contributed by atoms with Gasteiger partial charge in [-0.15, -0.1) is 0 Å². The van der Waals surface area contributed by atoms with Crippen LogP contribution in [0.4, 0.5) is 0 Å². The average molecular weight is 1130 g/mol. The molecule has 8 atom stereocenters. The van der Waals surface area contributed by atoms with Gasteiger partial charge < -0.3 is 45.1 Å². The smallest absolute Gasteiger partial charge is 0.306 e. The molecular weight excluding hydrogens is 1000 g/mol. The van der Waals surface area contributed by atoms with Crippen LogP contribution in [0.5, 0.6) is 0 Å². The molecule has 1 aliphatic rings. The van der Waals surface area contributed by atoms with Gasteiger partial charge in [-0.25, -0.2) is 0 Å². The lowest BCUT2D eigenvalue weighted by molar-refractivity contribution is -0.305. The highest BCUT2D eigenvalue weighted by molar-refractivity contribution is 5.80. The highest BCUT2D eigenvalue weighted by Crippen LogP contribution is 2.26. The second kappa shape index (κ2) is 56.6. The van der Waals surface area contributed by atoms with Gasteiger partial charge in [-0.1, -0.05) is 286 Å². The molecule has 0 aliphatic carbocycles. The third-order valence-corrected chi connectivity index (χ3v) is 15.4. The zero-order chi connectivity index (χ0) is 58.2. The Morgan fingerprint density at radius 2 is 0.900 bits per heavy atom. The van der Waals surface area contributed by atoms with Crippen LogP contribution in [-0.2, 0) is 23.8 Å². The number of carbonyl (C=O) groups is 2. The van der Waals surface area contributed by atoms with E-state index < -0.39 is 67.4 Å². The van der Waals surface area contributed by atoms with Crippen molar-refractivity contribution in [3.8, 4) is 0 Å². The van der Waals surface area contributed by atoms with Crippen LogP contribution in [0, 0.1) is 0 Å². The molecule has 11 heteroatoms. The van der Waals surface area contributed by atoms with E-state index in [2.05, 4.69) is 86.8 Å². The molecule has 0 bridgehead atoms. The Bertz CT molecular complexity index is 1580. The van der Waals surface area contributed by atoms with E-state index >= 15 is 0 Å². The van der Waals surface area contributed by atoms with Gasteiger partial charge in [0.1, 0.15) is 24.4 Å². The number of hydrogen-bond donors (Lipinski definition) is 6. The summed E-state index contributed by atoms with van der Waals surface area (Å²) in [5.41, 5.74) is 0. The standard InChI is InChI=1S/C69H123NO10/c1-4-7-10-13-16-19-22-24-25-26-27-28-29-30-31-32-33-34-35-36-37-39-42-45-48-51-54-57-64(74)80-67-66(76)65(75)63(58-71)79-69(67)78-59-60(61(72)55-52-49-46-43-40-21-18-15-12-9-6-3)70-68(77)62(73)56-53-50-47-44-41-38-23-20-17-14-11-8-5-2/h7,10,16,19,24-25,27-28,30-31,52,55,60-63,65-67,69,71-73,75-76H,4-6,8-9,11-15,17-18,20-23,26,29,32-51,53-54,56-59H2,1-3H3,(H,70,77)/b10-7-,19-16-,25-24-,28-27-,31-30-,55-52+. The van der Waals surface area contributed by atoms with Crippen LogP contribution >= 0.6 is 0 Å². The number of hydrogen-bond acceptors (Lipinski definition) is 10. The van der Waals surface area contributed by atoms with Crippen molar-refractivity contribution in [2.24, 2.45) is 0 Å². The fourth-order valence-corrected chi connectivity index (χ4v) is 10.1. The minimum Gasteiger partial charge on any atom is -0.454 e. The average Bonchev–Trinajstić information content (AvgIpc) is 3.46. The molecule has 0 aromatic heterocycles. The summed E-state index contributed by atoms with van der Waals surface area (Å²) in [6.07, 6.45) is 62.3. The third kappa shape index (κ3) is 43.7. The van der Waals surface area contributed by atoms with Crippen LogP contribution in [0.25, 0.3) is 0 Å². The molecule has 0 aromatic carbocycles. The second-order valence-electron chi connectivity index (χ2n) is 22.8. The first-order chi connectivity index (χ1) is 39.2. The predicted octanol–water partition coefficient (Wildman–Crippen LogP) is 16.3. The number of unbranched alkanes of at least 4 members (excludes halogenated alkanes) is 32. The monoisotopic (exact) mass is 1130 g/mol. The summed E-state index contributed by atoms with van der Waals surface area (Å²) in [5.74, 6) is -1.19. The van der Waals surface area contributed by atoms with Crippen LogP contribution < -0.4 is 5.32 Å². The lowest BCUT2D eigenvalue weighted by Gasteiger charge is -2.41. The summed E-state index contributed by atoms with van der Waals surface area (Å²) < 4.78 is 17.6. The van der Waals surface area contributed by atoms with Crippen LogP contribution in [0.15, 0.2) is 72.9 Å². The van der Waals surface area contributed by atoms with Gasteiger partial charge in [0.2, 0.25) is 5.91 Å². The van der Waals surface area contributed by atoms with Crippen molar-refractivity contribution in [3.05, 3.63) is 72.9 Å². The first kappa shape index (κ1) is 75.1. The summed E-state index contributed by atoms with van der Waals surface area (Å²) in [6, 6.07) is -1.02. The quantitative estimate of drug-likeness (QED) is 0.0195. The molecule has 11 nitrogen and oxygen atoms in total. The molecule has 0 spiro atoms. The molecular formula is C69H123NO10. The van der Waals surface area contributed by atoms with Crippen molar-refractivity contribution >= 4 is 11.9 Å². The fraction of sp³-hybridized carbons (Fsp3) is 0.797. The number of aliphatic hydroxyl groups excluding tert-OH is 5. The number of esters is 1. The Kier molecular flexibility index (Phi) is 53.1. The van der Waals surface area contributed by atoms with Gasteiger partial charge in [0.05, 0.1) is 25.4 Å². The van der Waals surface area contributed by atoms with E-state index in [0.29, 0.717) is 19.3 Å². The molecule has 464 valence electrons. The summed E-state index contributed by atoms with van der Waals surface area (Å²) in [7, 11) is 0. The number of carbonyl (C=O) groups excluding carboxylic acids is 2. The highest BCUT2D eigenvalue weighted by Gasteiger charge is 2.47. The Balaban J connectivity index is 2.55. The van der Waals surface area contributed by atoms with Crippen molar-refractivity contribution in [1.29, 1.82) is 0 Å². The van der Waals surface area contributed by atoms with Gasteiger partial charge in [-0.05, 0) is 70.6 Å². The molecule has 1 heterocycles. The van der Waals surface area contributed by atoms with Gasteiger partial charge >= 0.3 is 5.97 Å². The fourth-order valence-electron chi connectivity index (χ4n) is 10.1. The van der Waals surface area contributed by atoms with Crippen molar-refractivity contribution in [2.75, 3.05) is 13.2 Å². The van der Waals surface area contributed by atoms with Crippen LogP contribution in [0.1, 0.15) is 290 Å². The van der Waals surface area contributed by atoms with Crippen LogP contribution in [-0.4, -0.2) is 99.6 Å².